The van der Waals surface area contributed by atoms with Crippen LogP contribution >= 0.6 is 15.9 Å². The fourth-order valence-corrected chi connectivity index (χ4v) is 1.83. The first kappa shape index (κ1) is 9.98. The van der Waals surface area contributed by atoms with Crippen LogP contribution in [0.2, 0.25) is 0 Å². The van der Waals surface area contributed by atoms with Crippen molar-refractivity contribution in [1.29, 1.82) is 0 Å². The van der Waals surface area contributed by atoms with Gasteiger partial charge in [0.15, 0.2) is 0 Å². The van der Waals surface area contributed by atoms with Crippen molar-refractivity contribution < 1.29 is 8.78 Å². The summed E-state index contributed by atoms with van der Waals surface area (Å²) in [6.45, 7) is -0.0609. The monoisotopic (exact) mass is 262 g/mol. The van der Waals surface area contributed by atoms with E-state index in [-0.39, 0.29) is 13.0 Å². The lowest BCUT2D eigenvalue weighted by molar-refractivity contribution is 0.0886. The van der Waals surface area contributed by atoms with Gasteiger partial charge in [-0.3, -0.25) is 4.98 Å². The van der Waals surface area contributed by atoms with Crippen molar-refractivity contribution in [3.8, 4) is 0 Å². The highest BCUT2D eigenvalue weighted by atomic mass is 79.9. The SMILES string of the molecule is NCC1(c2ccc(Br)cn2)CC1(F)F. The molecule has 1 atom stereocenters. The molecule has 1 aliphatic rings. The molecule has 1 heterocycles. The molecule has 1 aromatic rings. The van der Waals surface area contributed by atoms with Gasteiger partial charge in [-0.15, -0.1) is 0 Å². The quantitative estimate of drug-likeness (QED) is 0.887. The Morgan fingerprint density at radius 2 is 2.14 bits per heavy atom. The summed E-state index contributed by atoms with van der Waals surface area (Å²) in [5.41, 5.74) is 4.55. The maximum Gasteiger partial charge on any atom is 0.261 e. The van der Waals surface area contributed by atoms with E-state index in [4.69, 9.17) is 5.73 Å². The summed E-state index contributed by atoms with van der Waals surface area (Å²) in [6, 6.07) is 3.30. The number of rotatable bonds is 2. The average molecular weight is 263 g/mol. The smallest absolute Gasteiger partial charge is 0.261 e. The van der Waals surface area contributed by atoms with Crippen LogP contribution < -0.4 is 5.73 Å². The molecule has 2 nitrogen and oxygen atoms in total. The van der Waals surface area contributed by atoms with E-state index in [2.05, 4.69) is 20.9 Å². The molecule has 5 heteroatoms. The normalized spacial score (nSPS) is 28.9. The molecular formula is C9H9BrF2N2. The molecule has 0 aromatic carbocycles. The number of pyridine rings is 1. The van der Waals surface area contributed by atoms with Crippen molar-refractivity contribution in [3.63, 3.8) is 0 Å². The van der Waals surface area contributed by atoms with Gasteiger partial charge in [-0.25, -0.2) is 8.78 Å². The third-order valence-electron chi connectivity index (χ3n) is 2.67. The topological polar surface area (TPSA) is 38.9 Å². The fourth-order valence-electron chi connectivity index (χ4n) is 1.60. The van der Waals surface area contributed by atoms with E-state index >= 15 is 0 Å². The number of nitrogens with zero attached hydrogens (tertiary/aromatic N) is 1. The van der Waals surface area contributed by atoms with E-state index in [0.29, 0.717) is 5.69 Å². The summed E-state index contributed by atoms with van der Waals surface area (Å²) in [5.74, 6) is -2.69. The zero-order valence-electron chi connectivity index (χ0n) is 7.30. The Morgan fingerprint density at radius 3 is 2.50 bits per heavy atom. The average Bonchev–Trinajstić information content (AvgIpc) is 2.71. The Balaban J connectivity index is 2.36. The van der Waals surface area contributed by atoms with Crippen molar-refractivity contribution in [2.75, 3.05) is 6.54 Å². The zero-order chi connectivity index (χ0) is 10.4. The Bertz CT molecular complexity index is 352. The fraction of sp³-hybridized carbons (Fsp3) is 0.444. The van der Waals surface area contributed by atoms with Crippen molar-refractivity contribution in [2.45, 2.75) is 17.8 Å². The summed E-state index contributed by atoms with van der Waals surface area (Å²) in [4.78, 5) is 3.97. The summed E-state index contributed by atoms with van der Waals surface area (Å²) >= 11 is 3.20. The minimum atomic E-state index is -2.69. The molecular weight excluding hydrogens is 254 g/mol. The van der Waals surface area contributed by atoms with Gasteiger partial charge in [-0.05, 0) is 28.1 Å². The largest absolute Gasteiger partial charge is 0.329 e. The summed E-state index contributed by atoms with van der Waals surface area (Å²) in [7, 11) is 0. The van der Waals surface area contributed by atoms with E-state index in [0.717, 1.165) is 4.47 Å². The Hall–Kier alpha value is -0.550. The predicted octanol–water partition coefficient (Wildman–Crippen LogP) is 2.08. The standard InChI is InChI=1S/C9H9BrF2N2/c10-6-1-2-7(14-3-6)8(5-13)4-9(8,11)12/h1-3H,4-5,13H2. The number of hydrogen-bond acceptors (Lipinski definition) is 2. The molecule has 1 fully saturated rings. The number of aromatic nitrogens is 1. The lowest BCUT2D eigenvalue weighted by Crippen LogP contribution is -2.27. The highest BCUT2D eigenvalue weighted by Crippen LogP contribution is 2.60. The maximum atomic E-state index is 13.1. The first-order chi connectivity index (χ1) is 6.52. The van der Waals surface area contributed by atoms with Crippen LogP contribution in [-0.2, 0) is 5.41 Å². The summed E-state index contributed by atoms with van der Waals surface area (Å²) in [5, 5.41) is 0. The highest BCUT2D eigenvalue weighted by Gasteiger charge is 2.72. The van der Waals surface area contributed by atoms with E-state index < -0.39 is 11.3 Å². The van der Waals surface area contributed by atoms with Crippen molar-refractivity contribution in [1.82, 2.24) is 4.98 Å². The number of hydrogen-bond donors (Lipinski definition) is 1. The molecule has 1 unspecified atom stereocenters. The van der Waals surface area contributed by atoms with E-state index in [1.165, 1.54) is 6.20 Å². The maximum absolute atomic E-state index is 13.1. The Labute approximate surface area is 88.6 Å². The van der Waals surface area contributed by atoms with Crippen LogP contribution in [0.25, 0.3) is 0 Å². The second-order valence-corrected chi connectivity index (χ2v) is 4.44. The predicted molar refractivity (Wildman–Crippen MR) is 52.2 cm³/mol. The lowest BCUT2D eigenvalue weighted by Gasteiger charge is -2.12. The van der Waals surface area contributed by atoms with Crippen LogP contribution in [0.15, 0.2) is 22.8 Å². The third kappa shape index (κ3) is 1.26. The van der Waals surface area contributed by atoms with Gasteiger partial charge >= 0.3 is 0 Å². The molecule has 0 aliphatic heterocycles. The van der Waals surface area contributed by atoms with Gasteiger partial charge in [-0.1, -0.05) is 0 Å². The minimum Gasteiger partial charge on any atom is -0.329 e. The second-order valence-electron chi connectivity index (χ2n) is 3.53. The molecule has 14 heavy (non-hydrogen) atoms. The molecule has 1 aliphatic carbocycles. The van der Waals surface area contributed by atoms with E-state index in [1.54, 1.807) is 12.1 Å². The first-order valence-corrected chi connectivity index (χ1v) is 5.01. The van der Waals surface area contributed by atoms with Gasteiger partial charge < -0.3 is 5.73 Å². The van der Waals surface area contributed by atoms with Crippen molar-refractivity contribution in [3.05, 3.63) is 28.5 Å². The van der Waals surface area contributed by atoms with Gasteiger partial charge in [0.25, 0.3) is 5.92 Å². The molecule has 0 bridgehead atoms. The van der Waals surface area contributed by atoms with Crippen LogP contribution in [0.3, 0.4) is 0 Å². The van der Waals surface area contributed by atoms with E-state index in [9.17, 15) is 8.78 Å². The van der Waals surface area contributed by atoms with Crippen molar-refractivity contribution >= 4 is 15.9 Å². The molecule has 0 saturated heterocycles. The van der Waals surface area contributed by atoms with Gasteiger partial charge in [0.05, 0.1) is 11.1 Å². The number of alkyl halides is 2. The van der Waals surface area contributed by atoms with Crippen LogP contribution in [-0.4, -0.2) is 17.5 Å². The van der Waals surface area contributed by atoms with Crippen molar-refractivity contribution in [2.24, 2.45) is 5.73 Å². The van der Waals surface area contributed by atoms with Crippen LogP contribution in [0.5, 0.6) is 0 Å². The molecule has 2 rings (SSSR count). The molecule has 2 N–H and O–H groups in total. The lowest BCUT2D eigenvalue weighted by atomic mass is 10.0. The minimum absolute atomic E-state index is 0.0609. The first-order valence-electron chi connectivity index (χ1n) is 4.22. The molecule has 76 valence electrons. The molecule has 1 aromatic heterocycles. The third-order valence-corrected chi connectivity index (χ3v) is 3.13. The Morgan fingerprint density at radius 1 is 1.50 bits per heavy atom. The van der Waals surface area contributed by atoms with Crippen LogP contribution in [0, 0.1) is 0 Å². The van der Waals surface area contributed by atoms with Gasteiger partial charge in [-0.2, -0.15) is 0 Å². The van der Waals surface area contributed by atoms with Gasteiger partial charge in [0, 0.05) is 23.6 Å². The number of halogens is 3. The van der Waals surface area contributed by atoms with Crippen LogP contribution in [0.1, 0.15) is 12.1 Å². The Kier molecular flexibility index (Phi) is 2.12. The summed E-state index contributed by atoms with van der Waals surface area (Å²) in [6.07, 6.45) is 1.33. The highest BCUT2D eigenvalue weighted by molar-refractivity contribution is 9.10. The molecule has 0 radical (unpaired) electrons. The second kappa shape index (κ2) is 2.97. The number of nitrogens with two attached hydrogens (primary N) is 1. The summed E-state index contributed by atoms with van der Waals surface area (Å²) < 4.78 is 27.0. The molecule has 0 spiro atoms. The zero-order valence-corrected chi connectivity index (χ0v) is 8.89. The van der Waals surface area contributed by atoms with E-state index in [1.807, 2.05) is 0 Å². The van der Waals surface area contributed by atoms with Gasteiger partial charge in [0.1, 0.15) is 0 Å². The molecule has 1 saturated carbocycles. The van der Waals surface area contributed by atoms with Crippen LogP contribution in [0.4, 0.5) is 8.78 Å². The van der Waals surface area contributed by atoms with Gasteiger partial charge in [0.2, 0.25) is 0 Å². The molecule has 0 amide bonds.